The molecule has 1 aliphatic rings. The van der Waals surface area contributed by atoms with Gasteiger partial charge in [-0.3, -0.25) is 19.3 Å². The molecule has 1 aromatic heterocycles. The van der Waals surface area contributed by atoms with Crippen molar-refractivity contribution in [2.75, 3.05) is 18.0 Å². The van der Waals surface area contributed by atoms with Crippen LogP contribution in [0.3, 0.4) is 0 Å². The standard InChI is InChI=1S/C28H27FN4O5/c1-18(34)30-15-23-17-33(28(37)38-23)22-9-10-24(25(29)13-22)21-7-3-19(4-8-21)14-31-26(35)11-5-20-6-12-27(36)32(2)16-20/h3-13,16,23H,14-15,17H2,1-2H3,(H,30,34)(H,31,35)/b11-5+/t23-/m0/s1. The fourth-order valence-electron chi connectivity index (χ4n) is 3.94. The molecule has 0 aliphatic carbocycles. The Labute approximate surface area is 218 Å². The molecule has 2 heterocycles. The lowest BCUT2D eigenvalue weighted by molar-refractivity contribution is -0.119. The molecule has 9 nitrogen and oxygen atoms in total. The zero-order valence-electron chi connectivity index (χ0n) is 20.9. The van der Waals surface area contributed by atoms with Gasteiger partial charge in [-0.1, -0.05) is 24.3 Å². The maximum Gasteiger partial charge on any atom is 0.414 e. The van der Waals surface area contributed by atoms with Gasteiger partial charge in [0.25, 0.3) is 0 Å². The average molecular weight is 519 g/mol. The topological polar surface area (TPSA) is 110 Å². The molecule has 3 amide bonds. The molecule has 1 fully saturated rings. The molecule has 1 saturated heterocycles. The number of aromatic nitrogens is 1. The molecule has 1 atom stereocenters. The Kier molecular flexibility index (Phi) is 8.00. The second kappa shape index (κ2) is 11.5. The first-order chi connectivity index (χ1) is 18.2. The number of nitrogens with one attached hydrogen (secondary N) is 2. The molecule has 10 heteroatoms. The lowest BCUT2D eigenvalue weighted by Gasteiger charge is -2.15. The lowest BCUT2D eigenvalue weighted by Crippen LogP contribution is -2.33. The van der Waals surface area contributed by atoms with Gasteiger partial charge < -0.3 is 19.9 Å². The van der Waals surface area contributed by atoms with Gasteiger partial charge >= 0.3 is 6.09 Å². The SMILES string of the molecule is CC(=O)NC[C@H]1CN(c2ccc(-c3ccc(CNC(=O)/C=C/c4ccc(=O)n(C)c4)cc3)c(F)c2)C(=O)O1. The first kappa shape index (κ1) is 26.3. The Bertz CT molecular complexity index is 1450. The summed E-state index contributed by atoms with van der Waals surface area (Å²) in [4.78, 5) is 48.2. The number of amides is 3. The number of carbonyl (C=O) groups is 3. The van der Waals surface area contributed by atoms with E-state index in [1.54, 1.807) is 61.8 Å². The van der Waals surface area contributed by atoms with Crippen molar-refractivity contribution in [3.05, 3.63) is 94.2 Å². The van der Waals surface area contributed by atoms with Crippen molar-refractivity contribution >= 4 is 29.7 Å². The van der Waals surface area contributed by atoms with E-state index in [4.69, 9.17) is 4.74 Å². The number of aryl methyl sites for hydroxylation is 1. The van der Waals surface area contributed by atoms with Crippen molar-refractivity contribution < 1.29 is 23.5 Å². The molecule has 4 rings (SSSR count). The number of pyridine rings is 1. The Morgan fingerprint density at radius 2 is 1.84 bits per heavy atom. The van der Waals surface area contributed by atoms with Crippen LogP contribution in [0.1, 0.15) is 18.1 Å². The van der Waals surface area contributed by atoms with Crippen molar-refractivity contribution in [2.45, 2.75) is 19.6 Å². The summed E-state index contributed by atoms with van der Waals surface area (Å²) >= 11 is 0. The number of anilines is 1. The number of rotatable bonds is 8. The number of cyclic esters (lactones) is 1. The molecule has 2 N–H and O–H groups in total. The molecule has 38 heavy (non-hydrogen) atoms. The van der Waals surface area contributed by atoms with E-state index in [9.17, 15) is 23.6 Å². The van der Waals surface area contributed by atoms with E-state index in [-0.39, 0.29) is 37.0 Å². The summed E-state index contributed by atoms with van der Waals surface area (Å²) in [6.45, 7) is 2.06. The molecular formula is C28H27FN4O5. The van der Waals surface area contributed by atoms with Crippen LogP contribution in [0.5, 0.6) is 0 Å². The third-order valence-electron chi connectivity index (χ3n) is 5.98. The molecule has 0 bridgehead atoms. The van der Waals surface area contributed by atoms with E-state index >= 15 is 0 Å². The molecule has 1 aliphatic heterocycles. The quantitative estimate of drug-likeness (QED) is 0.446. The van der Waals surface area contributed by atoms with Crippen LogP contribution in [0.25, 0.3) is 17.2 Å². The van der Waals surface area contributed by atoms with Gasteiger partial charge in [-0.2, -0.15) is 0 Å². The molecule has 3 aromatic rings. The predicted octanol–water partition coefficient (Wildman–Crippen LogP) is 2.98. The van der Waals surface area contributed by atoms with Gasteiger partial charge in [-0.05, 0) is 47.0 Å². The second-order valence-corrected chi connectivity index (χ2v) is 8.88. The zero-order valence-corrected chi connectivity index (χ0v) is 20.9. The van der Waals surface area contributed by atoms with Crippen LogP contribution in [0.2, 0.25) is 0 Å². The minimum absolute atomic E-state index is 0.129. The van der Waals surface area contributed by atoms with Crippen molar-refractivity contribution in [3.8, 4) is 11.1 Å². The van der Waals surface area contributed by atoms with Crippen LogP contribution in [0.4, 0.5) is 14.9 Å². The maximum absolute atomic E-state index is 15.0. The summed E-state index contributed by atoms with van der Waals surface area (Å²) in [6, 6.07) is 14.7. The second-order valence-electron chi connectivity index (χ2n) is 8.88. The largest absolute Gasteiger partial charge is 0.442 e. The van der Waals surface area contributed by atoms with Crippen LogP contribution in [0, 0.1) is 5.82 Å². The van der Waals surface area contributed by atoms with E-state index in [1.165, 1.54) is 34.6 Å². The monoisotopic (exact) mass is 518 g/mol. The normalized spacial score (nSPS) is 15.0. The zero-order chi connectivity index (χ0) is 27.2. The van der Waals surface area contributed by atoms with Gasteiger partial charge in [-0.15, -0.1) is 0 Å². The van der Waals surface area contributed by atoms with Gasteiger partial charge in [0.2, 0.25) is 17.4 Å². The molecule has 196 valence electrons. The van der Waals surface area contributed by atoms with Crippen LogP contribution in [0.15, 0.2) is 71.7 Å². The molecule has 0 spiro atoms. The van der Waals surface area contributed by atoms with E-state index in [2.05, 4.69) is 10.6 Å². The summed E-state index contributed by atoms with van der Waals surface area (Å²) in [7, 11) is 1.64. The van der Waals surface area contributed by atoms with E-state index < -0.39 is 18.0 Å². The highest BCUT2D eigenvalue weighted by atomic mass is 19.1. The van der Waals surface area contributed by atoms with Gasteiger partial charge in [0, 0.05) is 44.4 Å². The van der Waals surface area contributed by atoms with Crippen molar-refractivity contribution in [1.82, 2.24) is 15.2 Å². The number of halogens is 1. The first-order valence-corrected chi connectivity index (χ1v) is 11.9. The van der Waals surface area contributed by atoms with Crippen molar-refractivity contribution in [3.63, 3.8) is 0 Å². The smallest absolute Gasteiger partial charge is 0.414 e. The Morgan fingerprint density at radius 3 is 2.53 bits per heavy atom. The number of benzene rings is 2. The first-order valence-electron chi connectivity index (χ1n) is 11.9. The number of hydrogen-bond donors (Lipinski definition) is 2. The number of ether oxygens (including phenoxy) is 1. The van der Waals surface area contributed by atoms with E-state index in [0.717, 1.165) is 11.1 Å². The van der Waals surface area contributed by atoms with Crippen LogP contribution in [-0.2, 0) is 27.9 Å². The minimum Gasteiger partial charge on any atom is -0.442 e. The fraction of sp³-hybridized carbons (Fsp3) is 0.214. The molecule has 2 aromatic carbocycles. The summed E-state index contributed by atoms with van der Waals surface area (Å²) < 4.78 is 21.6. The van der Waals surface area contributed by atoms with Crippen LogP contribution in [-0.4, -0.2) is 41.7 Å². The van der Waals surface area contributed by atoms with Crippen molar-refractivity contribution in [1.29, 1.82) is 0 Å². The molecular weight excluding hydrogens is 491 g/mol. The Hall–Kier alpha value is -4.73. The molecule has 0 radical (unpaired) electrons. The van der Waals surface area contributed by atoms with Gasteiger partial charge in [0.15, 0.2) is 0 Å². The minimum atomic E-state index is -0.594. The number of nitrogens with zero attached hydrogens (tertiary/aromatic N) is 2. The van der Waals surface area contributed by atoms with E-state index in [0.29, 0.717) is 16.8 Å². The number of carbonyl (C=O) groups excluding carboxylic acids is 3. The third-order valence-corrected chi connectivity index (χ3v) is 5.98. The summed E-state index contributed by atoms with van der Waals surface area (Å²) in [6.07, 6.45) is 3.55. The third kappa shape index (κ3) is 6.52. The highest BCUT2D eigenvalue weighted by Gasteiger charge is 2.32. The fourth-order valence-corrected chi connectivity index (χ4v) is 3.94. The summed E-state index contributed by atoms with van der Waals surface area (Å²) in [5.41, 5.74) is 2.81. The molecule has 0 unspecified atom stereocenters. The highest BCUT2D eigenvalue weighted by molar-refractivity contribution is 5.92. The van der Waals surface area contributed by atoms with E-state index in [1.807, 2.05) is 0 Å². The highest BCUT2D eigenvalue weighted by Crippen LogP contribution is 2.29. The van der Waals surface area contributed by atoms with Crippen LogP contribution >= 0.6 is 0 Å². The van der Waals surface area contributed by atoms with Gasteiger partial charge in [0.05, 0.1) is 18.8 Å². The summed E-state index contributed by atoms with van der Waals surface area (Å²) in [5, 5.41) is 5.39. The summed E-state index contributed by atoms with van der Waals surface area (Å²) in [5.74, 6) is -1.01. The Balaban J connectivity index is 1.34. The predicted molar refractivity (Wildman–Crippen MR) is 141 cm³/mol. The average Bonchev–Trinajstić information content (AvgIpc) is 3.27. The molecule has 0 saturated carbocycles. The Morgan fingerprint density at radius 1 is 1.08 bits per heavy atom. The van der Waals surface area contributed by atoms with Gasteiger partial charge in [0.1, 0.15) is 11.9 Å². The van der Waals surface area contributed by atoms with Crippen LogP contribution < -0.4 is 21.1 Å². The number of hydrogen-bond acceptors (Lipinski definition) is 5. The lowest BCUT2D eigenvalue weighted by atomic mass is 10.0. The maximum atomic E-state index is 15.0. The van der Waals surface area contributed by atoms with Gasteiger partial charge in [-0.25, -0.2) is 9.18 Å². The van der Waals surface area contributed by atoms with Crippen molar-refractivity contribution in [2.24, 2.45) is 7.05 Å².